The van der Waals surface area contributed by atoms with E-state index in [1.807, 2.05) is 0 Å². The largest absolute Gasteiger partial charge is 0.311 e. The van der Waals surface area contributed by atoms with Gasteiger partial charge in [-0.3, -0.25) is 9.59 Å². The van der Waals surface area contributed by atoms with Crippen LogP contribution in [0.5, 0.6) is 0 Å². The van der Waals surface area contributed by atoms with Crippen molar-refractivity contribution in [3.8, 4) is 0 Å². The SMILES string of the molecule is O=C(c1ccc(Cl)cc1)N1CCSC12C(=O)N(Cc1c(F)cccc1F)c1ccccc12. The molecule has 8 heteroatoms. The van der Waals surface area contributed by atoms with Crippen LogP contribution in [-0.2, 0) is 16.2 Å². The fraction of sp³-hybridized carbons (Fsp3) is 0.167. The number of nitrogens with zero attached hydrogens (tertiary/aromatic N) is 2. The Morgan fingerprint density at radius 1 is 1.00 bits per heavy atom. The molecule has 2 heterocycles. The van der Waals surface area contributed by atoms with Gasteiger partial charge in [0, 0.05) is 34.0 Å². The summed E-state index contributed by atoms with van der Waals surface area (Å²) in [6, 6.07) is 17.2. The van der Waals surface area contributed by atoms with Crippen LogP contribution >= 0.6 is 23.4 Å². The maximum Gasteiger partial charge on any atom is 0.268 e. The summed E-state index contributed by atoms with van der Waals surface area (Å²) in [6.45, 7) is 0.105. The van der Waals surface area contributed by atoms with Gasteiger partial charge in [-0.15, -0.1) is 11.8 Å². The van der Waals surface area contributed by atoms with E-state index in [-0.39, 0.29) is 23.9 Å². The van der Waals surface area contributed by atoms with E-state index in [1.54, 1.807) is 53.4 Å². The summed E-state index contributed by atoms with van der Waals surface area (Å²) in [4.78, 5) is 28.9. The van der Waals surface area contributed by atoms with Crippen LogP contribution in [0.3, 0.4) is 0 Å². The number of carbonyl (C=O) groups is 2. The lowest BCUT2D eigenvalue weighted by atomic mass is 10.0. The molecule has 0 N–H and O–H groups in total. The van der Waals surface area contributed by atoms with Gasteiger partial charge in [0.05, 0.1) is 12.2 Å². The van der Waals surface area contributed by atoms with Gasteiger partial charge in [-0.1, -0.05) is 35.9 Å². The molecule has 2 aliphatic rings. The summed E-state index contributed by atoms with van der Waals surface area (Å²) in [6.07, 6.45) is 0. The Hall–Kier alpha value is -2.90. The highest BCUT2D eigenvalue weighted by atomic mass is 35.5. The normalized spacial score (nSPS) is 19.7. The third-order valence-corrected chi connectivity index (χ3v) is 7.49. The highest BCUT2D eigenvalue weighted by Crippen LogP contribution is 2.54. The van der Waals surface area contributed by atoms with Gasteiger partial charge in [0.1, 0.15) is 11.6 Å². The molecule has 2 amide bonds. The molecular weight excluding hydrogens is 454 g/mol. The molecule has 3 aromatic rings. The molecule has 1 unspecified atom stereocenters. The molecule has 1 fully saturated rings. The molecule has 162 valence electrons. The summed E-state index contributed by atoms with van der Waals surface area (Å²) in [5.41, 5.74) is 1.42. The van der Waals surface area contributed by atoms with E-state index in [4.69, 9.17) is 11.6 Å². The van der Waals surface area contributed by atoms with Gasteiger partial charge in [-0.25, -0.2) is 8.78 Å². The number of halogens is 3. The number of rotatable bonds is 3. The van der Waals surface area contributed by atoms with Gasteiger partial charge in [-0.2, -0.15) is 0 Å². The van der Waals surface area contributed by atoms with E-state index in [9.17, 15) is 18.4 Å². The van der Waals surface area contributed by atoms with Crippen molar-refractivity contribution < 1.29 is 18.4 Å². The van der Waals surface area contributed by atoms with Gasteiger partial charge < -0.3 is 9.80 Å². The van der Waals surface area contributed by atoms with Gasteiger partial charge in [0.2, 0.25) is 0 Å². The Morgan fingerprint density at radius 3 is 2.41 bits per heavy atom. The molecule has 0 bridgehead atoms. The molecule has 1 spiro atoms. The molecule has 0 saturated carbocycles. The Labute approximate surface area is 192 Å². The second kappa shape index (κ2) is 7.90. The minimum atomic E-state index is -1.28. The quantitative estimate of drug-likeness (QED) is 0.528. The van der Waals surface area contributed by atoms with Crippen molar-refractivity contribution in [1.82, 2.24) is 4.90 Å². The van der Waals surface area contributed by atoms with Gasteiger partial charge in [-0.05, 0) is 42.5 Å². The van der Waals surface area contributed by atoms with E-state index in [1.165, 1.54) is 34.9 Å². The first-order valence-corrected chi connectivity index (χ1v) is 11.4. The van der Waals surface area contributed by atoms with Crippen LogP contribution in [0.25, 0.3) is 0 Å². The Kier molecular flexibility index (Phi) is 5.18. The number of anilines is 1. The summed E-state index contributed by atoms with van der Waals surface area (Å²) in [5, 5.41) is 0.507. The summed E-state index contributed by atoms with van der Waals surface area (Å²) < 4.78 is 28.8. The molecule has 4 nitrogen and oxygen atoms in total. The van der Waals surface area contributed by atoms with Crippen molar-refractivity contribution in [1.29, 1.82) is 0 Å². The number of hydrogen-bond acceptors (Lipinski definition) is 3. The predicted molar refractivity (Wildman–Crippen MR) is 121 cm³/mol. The second-order valence-electron chi connectivity index (χ2n) is 7.56. The number of benzene rings is 3. The molecule has 0 radical (unpaired) electrons. The monoisotopic (exact) mass is 470 g/mol. The van der Waals surface area contributed by atoms with Crippen LogP contribution in [-0.4, -0.2) is 29.0 Å². The minimum Gasteiger partial charge on any atom is -0.311 e. The lowest BCUT2D eigenvalue weighted by molar-refractivity contribution is -0.123. The first-order chi connectivity index (χ1) is 15.4. The van der Waals surface area contributed by atoms with Crippen LogP contribution in [0.4, 0.5) is 14.5 Å². The van der Waals surface area contributed by atoms with Crippen molar-refractivity contribution in [3.05, 3.63) is 100 Å². The van der Waals surface area contributed by atoms with E-state index >= 15 is 0 Å². The Balaban J connectivity index is 1.59. The molecular formula is C24H17ClF2N2O2S. The first kappa shape index (κ1) is 21.0. The number of carbonyl (C=O) groups excluding carboxylic acids is 2. The number of thioether (sulfide) groups is 1. The highest BCUT2D eigenvalue weighted by Gasteiger charge is 2.59. The lowest BCUT2D eigenvalue weighted by Gasteiger charge is -2.33. The van der Waals surface area contributed by atoms with Crippen LogP contribution in [0.2, 0.25) is 5.02 Å². The maximum atomic E-state index is 14.4. The maximum absolute atomic E-state index is 14.4. The van der Waals surface area contributed by atoms with Gasteiger partial charge >= 0.3 is 0 Å². The van der Waals surface area contributed by atoms with Crippen LogP contribution < -0.4 is 4.90 Å². The zero-order chi connectivity index (χ0) is 22.5. The first-order valence-electron chi connectivity index (χ1n) is 9.99. The average Bonchev–Trinajstić information content (AvgIpc) is 3.33. The summed E-state index contributed by atoms with van der Waals surface area (Å²) >= 11 is 7.32. The minimum absolute atomic E-state index is 0.189. The highest BCUT2D eigenvalue weighted by molar-refractivity contribution is 8.01. The molecule has 1 saturated heterocycles. The van der Waals surface area contributed by atoms with Crippen molar-refractivity contribution in [2.24, 2.45) is 0 Å². The molecule has 0 aliphatic carbocycles. The number of para-hydroxylation sites is 1. The summed E-state index contributed by atoms with van der Waals surface area (Å²) in [7, 11) is 0. The predicted octanol–water partition coefficient (Wildman–Crippen LogP) is 5.21. The zero-order valence-electron chi connectivity index (χ0n) is 16.7. The van der Waals surface area contributed by atoms with E-state index < -0.39 is 16.5 Å². The molecule has 5 rings (SSSR count). The van der Waals surface area contributed by atoms with Gasteiger partial charge in [0.15, 0.2) is 4.87 Å². The fourth-order valence-corrected chi connectivity index (χ4v) is 5.90. The van der Waals surface area contributed by atoms with E-state index in [0.29, 0.717) is 34.1 Å². The second-order valence-corrected chi connectivity index (χ2v) is 9.29. The molecule has 32 heavy (non-hydrogen) atoms. The van der Waals surface area contributed by atoms with Crippen molar-refractivity contribution in [2.45, 2.75) is 11.4 Å². The molecule has 1 atom stereocenters. The molecule has 0 aromatic heterocycles. The third-order valence-electron chi connectivity index (χ3n) is 5.82. The standard InChI is InChI=1S/C24H17ClF2N2O2S/c25-16-10-8-15(9-11-16)22(30)29-12-13-32-24(29)18-4-1-2-7-21(18)28(23(24)31)14-17-19(26)5-3-6-20(17)27/h1-11H,12-14H2. The number of fused-ring (bicyclic) bond motifs is 2. The third kappa shape index (κ3) is 3.11. The topological polar surface area (TPSA) is 40.6 Å². The van der Waals surface area contributed by atoms with Crippen LogP contribution in [0.1, 0.15) is 21.5 Å². The van der Waals surface area contributed by atoms with Crippen LogP contribution in [0, 0.1) is 11.6 Å². The number of amides is 2. The summed E-state index contributed by atoms with van der Waals surface area (Å²) in [5.74, 6) is -1.56. The van der Waals surface area contributed by atoms with Gasteiger partial charge in [0.25, 0.3) is 11.8 Å². The zero-order valence-corrected chi connectivity index (χ0v) is 18.3. The van der Waals surface area contributed by atoms with Crippen molar-refractivity contribution >= 4 is 40.9 Å². The van der Waals surface area contributed by atoms with E-state index in [0.717, 1.165) is 0 Å². The van der Waals surface area contributed by atoms with Crippen molar-refractivity contribution in [3.63, 3.8) is 0 Å². The Morgan fingerprint density at radius 2 is 1.69 bits per heavy atom. The smallest absolute Gasteiger partial charge is 0.268 e. The fourth-order valence-electron chi connectivity index (χ4n) is 4.31. The van der Waals surface area contributed by atoms with Crippen LogP contribution in [0.15, 0.2) is 66.7 Å². The van der Waals surface area contributed by atoms with E-state index in [2.05, 4.69) is 0 Å². The number of hydrogen-bond donors (Lipinski definition) is 0. The molecule has 2 aliphatic heterocycles. The Bertz CT molecular complexity index is 1220. The molecule has 3 aromatic carbocycles. The average molecular weight is 471 g/mol. The van der Waals surface area contributed by atoms with Crippen molar-refractivity contribution in [2.75, 3.05) is 17.2 Å². The lowest BCUT2D eigenvalue weighted by Crippen LogP contribution is -2.50.